The first kappa shape index (κ1) is 10.5. The van der Waals surface area contributed by atoms with Crippen LogP contribution in [0.25, 0.3) is 0 Å². The van der Waals surface area contributed by atoms with Crippen LogP contribution in [0.4, 0.5) is 13.2 Å². The summed E-state index contributed by atoms with van der Waals surface area (Å²) in [4.78, 5) is 3.41. The van der Waals surface area contributed by atoms with E-state index in [1.54, 1.807) is 13.0 Å². The average molecular weight is 254 g/mol. The van der Waals surface area contributed by atoms with Gasteiger partial charge in [0.2, 0.25) is 0 Å². The Labute approximate surface area is 82.1 Å². The minimum atomic E-state index is -4.36. The maximum absolute atomic E-state index is 12.2. The average Bonchev–Trinajstić information content (AvgIpc) is 2.01. The molecule has 0 radical (unpaired) electrons. The molecular formula is C8H7BrF3N. The summed E-state index contributed by atoms with van der Waals surface area (Å²) in [7, 11) is 0. The van der Waals surface area contributed by atoms with Crippen molar-refractivity contribution in [3.63, 3.8) is 0 Å². The lowest BCUT2D eigenvalue weighted by molar-refractivity contribution is -0.141. The summed E-state index contributed by atoms with van der Waals surface area (Å²) in [6, 6.07) is 2.66. The number of pyridine rings is 1. The van der Waals surface area contributed by atoms with Gasteiger partial charge in [0, 0.05) is 11.0 Å². The molecule has 0 unspecified atom stereocenters. The van der Waals surface area contributed by atoms with Crippen LogP contribution < -0.4 is 0 Å². The third-order valence-electron chi connectivity index (χ3n) is 1.46. The first-order chi connectivity index (χ1) is 5.93. The van der Waals surface area contributed by atoms with E-state index in [2.05, 4.69) is 20.9 Å². The summed E-state index contributed by atoms with van der Waals surface area (Å²) in [6.45, 7) is 1.54. The van der Waals surface area contributed by atoms with Crippen LogP contribution in [0.1, 0.15) is 17.0 Å². The third-order valence-corrected chi connectivity index (χ3v) is 2.11. The SMILES string of the molecule is Cc1cc(CBr)cc(C(F)(F)F)n1. The van der Waals surface area contributed by atoms with E-state index in [9.17, 15) is 13.2 Å². The van der Waals surface area contributed by atoms with Crippen LogP contribution >= 0.6 is 15.9 Å². The molecule has 0 fully saturated rings. The van der Waals surface area contributed by atoms with Crippen molar-refractivity contribution in [1.29, 1.82) is 0 Å². The van der Waals surface area contributed by atoms with Gasteiger partial charge in [0.1, 0.15) is 5.69 Å². The van der Waals surface area contributed by atoms with E-state index in [-0.39, 0.29) is 0 Å². The van der Waals surface area contributed by atoms with Crippen LogP contribution in [0.2, 0.25) is 0 Å². The van der Waals surface area contributed by atoms with E-state index in [4.69, 9.17) is 0 Å². The second kappa shape index (κ2) is 3.65. The topological polar surface area (TPSA) is 12.9 Å². The maximum atomic E-state index is 12.2. The highest BCUT2D eigenvalue weighted by Crippen LogP contribution is 2.28. The van der Waals surface area contributed by atoms with Gasteiger partial charge in [-0.15, -0.1) is 0 Å². The van der Waals surface area contributed by atoms with Crippen LogP contribution in [0, 0.1) is 6.92 Å². The molecule has 1 aromatic heterocycles. The van der Waals surface area contributed by atoms with E-state index < -0.39 is 11.9 Å². The standard InChI is InChI=1S/C8H7BrF3N/c1-5-2-6(4-9)3-7(13-5)8(10,11)12/h2-3H,4H2,1H3. The fraction of sp³-hybridized carbons (Fsp3) is 0.375. The largest absolute Gasteiger partial charge is 0.433 e. The summed E-state index contributed by atoms with van der Waals surface area (Å²) < 4.78 is 36.6. The van der Waals surface area contributed by atoms with Crippen molar-refractivity contribution in [3.8, 4) is 0 Å². The zero-order chi connectivity index (χ0) is 10.1. The van der Waals surface area contributed by atoms with Gasteiger partial charge in [-0.1, -0.05) is 15.9 Å². The van der Waals surface area contributed by atoms with Gasteiger partial charge in [0.05, 0.1) is 0 Å². The van der Waals surface area contributed by atoms with E-state index >= 15 is 0 Å². The van der Waals surface area contributed by atoms with E-state index in [0.29, 0.717) is 16.6 Å². The van der Waals surface area contributed by atoms with Crippen molar-refractivity contribution in [2.75, 3.05) is 0 Å². The van der Waals surface area contributed by atoms with Gasteiger partial charge >= 0.3 is 6.18 Å². The van der Waals surface area contributed by atoms with E-state index in [1.807, 2.05) is 0 Å². The summed E-state index contributed by atoms with van der Waals surface area (Å²) in [5, 5.41) is 0.402. The Balaban J connectivity index is 3.16. The molecule has 0 atom stereocenters. The molecule has 1 rings (SSSR count). The van der Waals surface area contributed by atoms with Gasteiger partial charge < -0.3 is 0 Å². The normalized spacial score (nSPS) is 11.8. The highest BCUT2D eigenvalue weighted by molar-refractivity contribution is 9.08. The Morgan fingerprint density at radius 3 is 2.46 bits per heavy atom. The number of halogens is 4. The molecule has 0 saturated carbocycles. The molecule has 1 heterocycles. The minimum Gasteiger partial charge on any atom is -0.249 e. The monoisotopic (exact) mass is 253 g/mol. The van der Waals surface area contributed by atoms with Gasteiger partial charge in [-0.2, -0.15) is 13.2 Å². The highest BCUT2D eigenvalue weighted by Gasteiger charge is 2.32. The van der Waals surface area contributed by atoms with Crippen molar-refractivity contribution in [2.24, 2.45) is 0 Å². The number of alkyl halides is 4. The lowest BCUT2D eigenvalue weighted by Crippen LogP contribution is -2.09. The zero-order valence-corrected chi connectivity index (χ0v) is 8.41. The predicted molar refractivity (Wildman–Crippen MR) is 46.6 cm³/mol. The Kier molecular flexibility index (Phi) is 2.95. The van der Waals surface area contributed by atoms with Gasteiger partial charge in [-0.05, 0) is 24.6 Å². The van der Waals surface area contributed by atoms with Crippen LogP contribution in [-0.4, -0.2) is 4.98 Å². The van der Waals surface area contributed by atoms with Crippen LogP contribution in [-0.2, 0) is 11.5 Å². The third kappa shape index (κ3) is 2.69. The maximum Gasteiger partial charge on any atom is 0.433 e. The van der Waals surface area contributed by atoms with E-state index in [1.165, 1.54) is 0 Å². The number of nitrogens with zero attached hydrogens (tertiary/aromatic N) is 1. The number of hydrogen-bond acceptors (Lipinski definition) is 1. The first-order valence-corrected chi connectivity index (χ1v) is 4.66. The molecule has 5 heteroatoms. The van der Waals surface area contributed by atoms with Crippen molar-refractivity contribution >= 4 is 15.9 Å². The molecule has 1 aromatic rings. The summed E-state index contributed by atoms with van der Waals surface area (Å²) in [6.07, 6.45) is -4.36. The van der Waals surface area contributed by atoms with Crippen molar-refractivity contribution in [1.82, 2.24) is 4.98 Å². The molecule has 0 bridgehead atoms. The van der Waals surface area contributed by atoms with Crippen LogP contribution in [0.3, 0.4) is 0 Å². The first-order valence-electron chi connectivity index (χ1n) is 3.54. The quantitative estimate of drug-likeness (QED) is 0.700. The second-order valence-corrected chi connectivity index (χ2v) is 3.19. The van der Waals surface area contributed by atoms with Gasteiger partial charge in [0.25, 0.3) is 0 Å². The molecule has 0 spiro atoms. The number of aromatic nitrogens is 1. The molecule has 72 valence electrons. The Morgan fingerprint density at radius 1 is 1.38 bits per heavy atom. The van der Waals surface area contributed by atoms with Crippen LogP contribution in [0.5, 0.6) is 0 Å². The van der Waals surface area contributed by atoms with Crippen molar-refractivity contribution < 1.29 is 13.2 Å². The fourth-order valence-electron chi connectivity index (χ4n) is 0.962. The zero-order valence-electron chi connectivity index (χ0n) is 6.82. The molecule has 0 aliphatic rings. The van der Waals surface area contributed by atoms with Crippen molar-refractivity contribution in [2.45, 2.75) is 18.4 Å². The van der Waals surface area contributed by atoms with E-state index in [0.717, 1.165) is 6.07 Å². The van der Waals surface area contributed by atoms with Crippen molar-refractivity contribution in [3.05, 3.63) is 29.1 Å². The number of rotatable bonds is 1. The second-order valence-electron chi connectivity index (χ2n) is 2.63. The molecule has 0 N–H and O–H groups in total. The number of hydrogen-bond donors (Lipinski definition) is 0. The van der Waals surface area contributed by atoms with Crippen LogP contribution in [0.15, 0.2) is 12.1 Å². The lowest BCUT2D eigenvalue weighted by atomic mass is 10.2. The molecule has 1 nitrogen and oxygen atoms in total. The fourth-order valence-corrected chi connectivity index (χ4v) is 1.29. The number of aryl methyl sites for hydroxylation is 1. The predicted octanol–water partition coefficient (Wildman–Crippen LogP) is 3.30. The summed E-state index contributed by atoms with van der Waals surface area (Å²) in [5.74, 6) is 0. The Morgan fingerprint density at radius 2 is 2.00 bits per heavy atom. The molecule has 0 aliphatic heterocycles. The van der Waals surface area contributed by atoms with Gasteiger partial charge in [-0.3, -0.25) is 0 Å². The Bertz CT molecular complexity index is 309. The lowest BCUT2D eigenvalue weighted by Gasteiger charge is -2.07. The molecule has 0 aromatic carbocycles. The minimum absolute atomic E-state index is 0.379. The molecule has 0 amide bonds. The Hall–Kier alpha value is -0.580. The molecule has 0 aliphatic carbocycles. The van der Waals surface area contributed by atoms with Gasteiger partial charge in [0.15, 0.2) is 0 Å². The summed E-state index contributed by atoms with van der Waals surface area (Å²) in [5.41, 5.74) is 0.131. The molecular weight excluding hydrogens is 247 g/mol. The smallest absolute Gasteiger partial charge is 0.249 e. The van der Waals surface area contributed by atoms with Gasteiger partial charge in [-0.25, -0.2) is 4.98 Å². The summed E-state index contributed by atoms with van der Waals surface area (Å²) >= 11 is 3.10. The molecule has 13 heavy (non-hydrogen) atoms. The highest BCUT2D eigenvalue weighted by atomic mass is 79.9. The molecule has 0 saturated heterocycles.